The Kier molecular flexibility index (Phi) is 8.33. The van der Waals surface area contributed by atoms with Crippen molar-refractivity contribution in [3.05, 3.63) is 151 Å². The number of aromatic hydroxyl groups is 1. The fourth-order valence-corrected chi connectivity index (χ4v) is 6.41. The van der Waals surface area contributed by atoms with Crippen LogP contribution in [0.3, 0.4) is 0 Å². The smallest absolute Gasteiger partial charge is 0.127 e. The maximum atomic E-state index is 10.5. The molecule has 5 heteroatoms. The Labute approximate surface area is 269 Å². The van der Waals surface area contributed by atoms with Crippen LogP contribution >= 0.6 is 11.3 Å². The molecular weight excluding hydrogens is 728 g/mol. The zero-order chi connectivity index (χ0) is 28.5. The fraction of sp³-hybridized carbons (Fsp3) is 0.0526. The van der Waals surface area contributed by atoms with Gasteiger partial charge in [-0.15, -0.1) is 35.1 Å². The molecule has 0 aliphatic carbocycles. The van der Waals surface area contributed by atoms with Crippen LogP contribution in [0.1, 0.15) is 24.0 Å². The summed E-state index contributed by atoms with van der Waals surface area (Å²) in [5, 5.41) is 11.3. The number of aromatic nitrogens is 2. The summed E-state index contributed by atoms with van der Waals surface area (Å²) in [5.74, 6) is 0.468. The quantitative estimate of drug-likeness (QED) is 0.172. The number of phenols is 1. The van der Waals surface area contributed by atoms with Gasteiger partial charge in [-0.1, -0.05) is 115 Å². The minimum atomic E-state index is 0. The molecule has 0 fully saturated rings. The first-order valence-corrected chi connectivity index (χ1v) is 14.8. The molecule has 7 aromatic rings. The van der Waals surface area contributed by atoms with Gasteiger partial charge >= 0.3 is 0 Å². The van der Waals surface area contributed by atoms with E-state index < -0.39 is 0 Å². The van der Waals surface area contributed by atoms with Gasteiger partial charge in [-0.05, 0) is 41.0 Å². The molecule has 0 aliphatic rings. The average molecular weight is 755 g/mol. The second-order valence-electron chi connectivity index (χ2n) is 10.4. The van der Waals surface area contributed by atoms with Crippen molar-refractivity contribution in [2.45, 2.75) is 12.8 Å². The molecule has 1 atom stereocenters. The molecule has 0 spiro atoms. The molecule has 0 saturated heterocycles. The zero-order valence-corrected chi connectivity index (χ0v) is 26.4. The fourth-order valence-electron chi connectivity index (χ4n) is 5.38. The van der Waals surface area contributed by atoms with Gasteiger partial charge in [-0.2, -0.15) is 0 Å². The van der Waals surface area contributed by atoms with Crippen LogP contribution < -0.4 is 0 Å². The summed E-state index contributed by atoms with van der Waals surface area (Å²) >= 11 is 1.58. The van der Waals surface area contributed by atoms with E-state index in [0.29, 0.717) is 0 Å². The molecule has 0 bridgehead atoms. The molecule has 43 heavy (non-hydrogen) atoms. The number of fused-ring (bicyclic) bond motifs is 1. The summed E-state index contributed by atoms with van der Waals surface area (Å²) in [6.07, 6.45) is 1.90. The first kappa shape index (κ1) is 28.7. The largest absolute Gasteiger partial charge is 0.507 e. The molecule has 2 heterocycles. The van der Waals surface area contributed by atoms with E-state index in [-0.39, 0.29) is 32.7 Å². The summed E-state index contributed by atoms with van der Waals surface area (Å²) in [7, 11) is 0. The molecule has 7 rings (SSSR count). The van der Waals surface area contributed by atoms with E-state index in [2.05, 4.69) is 104 Å². The van der Waals surface area contributed by atoms with Crippen molar-refractivity contribution in [1.82, 2.24) is 9.97 Å². The number of nitrogens with zero attached hydrogens (tertiary/aromatic N) is 2. The normalized spacial score (nSPS) is 11.7. The van der Waals surface area contributed by atoms with Gasteiger partial charge in [0.2, 0.25) is 0 Å². The Morgan fingerprint density at radius 2 is 1.37 bits per heavy atom. The Bertz CT molecular complexity index is 2020. The predicted octanol–water partition coefficient (Wildman–Crippen LogP) is 10.0. The van der Waals surface area contributed by atoms with Crippen LogP contribution in [-0.4, -0.2) is 15.1 Å². The monoisotopic (exact) mass is 754 g/mol. The van der Waals surface area contributed by atoms with Gasteiger partial charge in [0.15, 0.2) is 0 Å². The zero-order valence-electron chi connectivity index (χ0n) is 23.3. The number of phenolic OH excluding ortho intramolecular Hbond substituents is 1. The number of hydrogen-bond donors (Lipinski definition) is 1. The average Bonchev–Trinajstić information content (AvgIpc) is 3.50. The van der Waals surface area contributed by atoms with Gasteiger partial charge in [0.1, 0.15) is 10.8 Å². The van der Waals surface area contributed by atoms with Crippen LogP contribution in [0.5, 0.6) is 5.75 Å². The molecule has 0 aliphatic heterocycles. The number of benzene rings is 5. The van der Waals surface area contributed by atoms with E-state index in [1.54, 1.807) is 17.4 Å². The summed E-state index contributed by atoms with van der Waals surface area (Å²) < 4.78 is 1.06. The SMILES string of the molecule is CC(c1ccccc1)c1ccnc(-c2[c-]c(-c3cccc4sc(-c5ccccc5O)nc34)cc(-c3ccccc3)c2)c1.[Pt]. The second-order valence-corrected chi connectivity index (χ2v) is 11.4. The maximum Gasteiger partial charge on any atom is 0.127 e. The van der Waals surface area contributed by atoms with E-state index in [1.807, 2.05) is 36.5 Å². The number of para-hydroxylation sites is 2. The minimum absolute atomic E-state index is 0. The standard InChI is InChI=1S/C38H27N2OS.Pt/c1-25(26-11-4-2-5-12-26)28-19-20-39-34(24-28)31-22-29(27-13-6-3-7-14-27)21-30(23-31)32-16-10-18-36-37(32)40-38(42-36)33-15-8-9-17-35(33)41;/h2-22,24-25,41H,1H3;/q-1;. The van der Waals surface area contributed by atoms with Gasteiger partial charge in [0.05, 0.1) is 11.1 Å². The Balaban J connectivity index is 0.00000329. The first-order valence-electron chi connectivity index (χ1n) is 14.0. The van der Waals surface area contributed by atoms with Gasteiger partial charge in [0.25, 0.3) is 0 Å². The topological polar surface area (TPSA) is 46.0 Å². The number of pyridine rings is 1. The number of thiazole rings is 1. The molecule has 1 N–H and O–H groups in total. The van der Waals surface area contributed by atoms with E-state index in [1.165, 1.54) is 11.1 Å². The van der Waals surface area contributed by atoms with Crippen LogP contribution in [-0.2, 0) is 21.1 Å². The maximum absolute atomic E-state index is 10.5. The van der Waals surface area contributed by atoms with E-state index >= 15 is 0 Å². The number of hydrogen-bond acceptors (Lipinski definition) is 4. The summed E-state index contributed by atoms with van der Waals surface area (Å²) in [6, 6.07) is 46.9. The molecule has 5 aromatic carbocycles. The molecule has 1 unspecified atom stereocenters. The van der Waals surface area contributed by atoms with Gasteiger partial charge in [-0.3, -0.25) is 4.98 Å². The van der Waals surface area contributed by atoms with Crippen molar-refractivity contribution in [3.8, 4) is 49.8 Å². The molecule has 0 radical (unpaired) electrons. The van der Waals surface area contributed by atoms with Crippen LogP contribution in [0, 0.1) is 6.07 Å². The van der Waals surface area contributed by atoms with Crippen molar-refractivity contribution in [2.24, 2.45) is 0 Å². The Morgan fingerprint density at radius 1 is 0.674 bits per heavy atom. The van der Waals surface area contributed by atoms with Crippen LogP contribution in [0.15, 0.2) is 134 Å². The molecular formula is C38H27N2OPtS-. The third-order valence-corrected chi connectivity index (χ3v) is 8.73. The van der Waals surface area contributed by atoms with Gasteiger partial charge < -0.3 is 5.11 Å². The van der Waals surface area contributed by atoms with Crippen molar-refractivity contribution < 1.29 is 26.2 Å². The predicted molar refractivity (Wildman–Crippen MR) is 174 cm³/mol. The van der Waals surface area contributed by atoms with Crippen LogP contribution in [0.2, 0.25) is 0 Å². The number of rotatable bonds is 6. The molecule has 3 nitrogen and oxygen atoms in total. The van der Waals surface area contributed by atoms with Crippen molar-refractivity contribution in [3.63, 3.8) is 0 Å². The minimum Gasteiger partial charge on any atom is -0.507 e. The Morgan fingerprint density at radius 3 is 2.16 bits per heavy atom. The second kappa shape index (κ2) is 12.5. The van der Waals surface area contributed by atoms with Crippen LogP contribution in [0.4, 0.5) is 0 Å². The van der Waals surface area contributed by atoms with E-state index in [9.17, 15) is 5.11 Å². The Hall–Kier alpha value is -4.37. The van der Waals surface area contributed by atoms with Crippen molar-refractivity contribution in [2.75, 3.05) is 0 Å². The molecule has 2 aromatic heterocycles. The summed E-state index contributed by atoms with van der Waals surface area (Å²) in [4.78, 5) is 9.82. The van der Waals surface area contributed by atoms with Crippen LogP contribution in [0.25, 0.3) is 54.3 Å². The van der Waals surface area contributed by atoms with E-state index in [4.69, 9.17) is 9.97 Å². The third-order valence-electron chi connectivity index (χ3n) is 7.68. The molecule has 0 amide bonds. The molecule has 0 saturated carbocycles. The van der Waals surface area contributed by atoms with Crippen molar-refractivity contribution in [1.29, 1.82) is 0 Å². The van der Waals surface area contributed by atoms with E-state index in [0.717, 1.165) is 54.3 Å². The van der Waals surface area contributed by atoms with Gasteiger partial charge in [-0.25, -0.2) is 4.98 Å². The van der Waals surface area contributed by atoms with Gasteiger partial charge in [0, 0.05) is 43.6 Å². The molecule has 212 valence electrons. The summed E-state index contributed by atoms with van der Waals surface area (Å²) in [5.41, 5.74) is 10.1. The summed E-state index contributed by atoms with van der Waals surface area (Å²) in [6.45, 7) is 2.23. The van der Waals surface area contributed by atoms with Crippen molar-refractivity contribution >= 4 is 21.6 Å². The third kappa shape index (κ3) is 5.82. The first-order chi connectivity index (χ1) is 20.6.